The number of rotatable bonds is 21. The minimum absolute atomic E-state index is 0.0554. The van der Waals surface area contributed by atoms with Gasteiger partial charge < -0.3 is 24.6 Å². The van der Waals surface area contributed by atoms with Gasteiger partial charge in [-0.1, -0.05) is 19.1 Å². The molecule has 7 nitrogen and oxygen atoms in total. The molecule has 0 spiro atoms. The molecule has 0 unspecified atom stereocenters. The molecule has 0 saturated heterocycles. The Balaban J connectivity index is 4.93. The molecule has 2 N–H and O–H groups in total. The van der Waals surface area contributed by atoms with E-state index < -0.39 is 17.9 Å². The monoisotopic (exact) mass is 427 g/mol. The average Bonchev–Trinajstić information content (AvgIpc) is 2.68. The summed E-state index contributed by atoms with van der Waals surface area (Å²) >= 11 is 0. The normalized spacial score (nSPS) is 11.8. The summed E-state index contributed by atoms with van der Waals surface area (Å²) in [6, 6.07) is 0. The first-order valence-electron chi connectivity index (χ1n) is 11.4. The molecule has 0 atom stereocenters. The Morgan fingerprint density at radius 3 is 1.53 bits per heavy atom. The van der Waals surface area contributed by atoms with E-state index in [9.17, 15) is 19.5 Å². The van der Waals surface area contributed by atoms with Crippen LogP contribution in [0.5, 0.6) is 0 Å². The van der Waals surface area contributed by atoms with Crippen LogP contribution in [0, 0.1) is 0 Å². The Bertz CT molecular complexity index is 463. The van der Waals surface area contributed by atoms with Crippen molar-refractivity contribution in [3.8, 4) is 0 Å². The van der Waals surface area contributed by atoms with Gasteiger partial charge in [0.15, 0.2) is 0 Å². The zero-order valence-corrected chi connectivity index (χ0v) is 18.7. The molecule has 30 heavy (non-hydrogen) atoms. The molecule has 0 amide bonds. The highest BCUT2D eigenvalue weighted by Gasteiger charge is 2.26. The van der Waals surface area contributed by atoms with E-state index in [4.69, 9.17) is 10.2 Å². The van der Waals surface area contributed by atoms with Gasteiger partial charge in [0.2, 0.25) is 0 Å². The molecule has 0 radical (unpaired) electrons. The molecule has 0 saturated carbocycles. The number of hydrogen-bond acceptors (Lipinski definition) is 4. The summed E-state index contributed by atoms with van der Waals surface area (Å²) in [5.74, 6) is -2.60. The van der Waals surface area contributed by atoms with Crippen molar-refractivity contribution in [1.29, 1.82) is 0 Å². The Kier molecular flexibility index (Phi) is 16.8. The van der Waals surface area contributed by atoms with Gasteiger partial charge in [-0.15, -0.1) is 0 Å². The SMILES string of the molecule is CC/C=C/CCCC[N+](CCCCC(=O)[O-])(CCCCC(=O)O)CCCCC(=O)O. The van der Waals surface area contributed by atoms with Gasteiger partial charge in [0, 0.05) is 18.8 Å². The maximum atomic E-state index is 10.8. The first-order valence-corrected chi connectivity index (χ1v) is 11.4. The molecule has 0 aromatic carbocycles. The minimum Gasteiger partial charge on any atom is -0.550 e. The van der Waals surface area contributed by atoms with Crippen LogP contribution < -0.4 is 5.11 Å². The molecule has 0 heterocycles. The molecule has 0 aliphatic rings. The fraction of sp³-hybridized carbons (Fsp3) is 0.783. The van der Waals surface area contributed by atoms with Crippen LogP contribution in [0.2, 0.25) is 0 Å². The first kappa shape index (κ1) is 28.1. The number of nitrogens with zero attached hydrogens (tertiary/aromatic N) is 1. The van der Waals surface area contributed by atoms with Gasteiger partial charge in [-0.25, -0.2) is 0 Å². The van der Waals surface area contributed by atoms with Gasteiger partial charge in [-0.3, -0.25) is 9.59 Å². The number of unbranched alkanes of at least 4 members (excludes halogenated alkanes) is 5. The topological polar surface area (TPSA) is 115 Å². The van der Waals surface area contributed by atoms with E-state index in [-0.39, 0.29) is 19.3 Å². The van der Waals surface area contributed by atoms with Crippen LogP contribution in [0.15, 0.2) is 12.2 Å². The van der Waals surface area contributed by atoms with Gasteiger partial charge in [0.25, 0.3) is 0 Å². The van der Waals surface area contributed by atoms with E-state index in [0.717, 1.165) is 75.6 Å². The minimum atomic E-state index is -1.03. The number of carbonyl (C=O) groups excluding carboxylic acids is 1. The molecular weight excluding hydrogens is 386 g/mol. The molecule has 0 fully saturated rings. The van der Waals surface area contributed by atoms with Crippen molar-refractivity contribution < 1.29 is 34.2 Å². The van der Waals surface area contributed by atoms with E-state index >= 15 is 0 Å². The van der Waals surface area contributed by atoms with Crippen molar-refractivity contribution in [2.24, 2.45) is 0 Å². The molecular formula is C23H41NO6. The molecule has 0 rings (SSSR count). The summed E-state index contributed by atoms with van der Waals surface area (Å²) < 4.78 is 0.823. The molecule has 0 bridgehead atoms. The summed E-state index contributed by atoms with van der Waals surface area (Å²) in [5.41, 5.74) is 0. The molecule has 0 aromatic heterocycles. The van der Waals surface area contributed by atoms with Gasteiger partial charge in [0.1, 0.15) is 0 Å². The summed E-state index contributed by atoms with van der Waals surface area (Å²) in [6.07, 6.45) is 13.2. The Labute approximate surface area is 181 Å². The van der Waals surface area contributed by atoms with Crippen molar-refractivity contribution in [3.05, 3.63) is 12.2 Å². The first-order chi connectivity index (χ1) is 14.3. The predicted octanol–water partition coefficient (Wildman–Crippen LogP) is 3.37. The quantitative estimate of drug-likeness (QED) is 0.165. The highest BCUT2D eigenvalue weighted by atomic mass is 16.4. The Morgan fingerprint density at radius 1 is 0.700 bits per heavy atom. The van der Waals surface area contributed by atoms with Crippen LogP contribution in [-0.2, 0) is 14.4 Å². The lowest BCUT2D eigenvalue weighted by atomic mass is 10.1. The third-order valence-corrected chi connectivity index (χ3v) is 5.47. The van der Waals surface area contributed by atoms with E-state index in [1.165, 1.54) is 0 Å². The second-order valence-electron chi connectivity index (χ2n) is 8.14. The number of carbonyl (C=O) groups is 3. The zero-order valence-electron chi connectivity index (χ0n) is 18.7. The maximum absolute atomic E-state index is 10.8. The van der Waals surface area contributed by atoms with E-state index in [0.29, 0.717) is 19.3 Å². The highest BCUT2D eigenvalue weighted by Crippen LogP contribution is 2.18. The summed E-state index contributed by atoms with van der Waals surface area (Å²) in [4.78, 5) is 32.4. The third-order valence-electron chi connectivity index (χ3n) is 5.47. The smallest absolute Gasteiger partial charge is 0.303 e. The van der Waals surface area contributed by atoms with Gasteiger partial charge in [0.05, 0.1) is 26.2 Å². The number of aliphatic carboxylic acids is 3. The van der Waals surface area contributed by atoms with Crippen LogP contribution in [0.3, 0.4) is 0 Å². The molecule has 0 aliphatic carbocycles. The fourth-order valence-electron chi connectivity index (χ4n) is 3.83. The van der Waals surface area contributed by atoms with Crippen molar-refractivity contribution in [2.45, 2.75) is 90.4 Å². The lowest BCUT2D eigenvalue weighted by Crippen LogP contribution is -2.51. The van der Waals surface area contributed by atoms with Crippen molar-refractivity contribution >= 4 is 17.9 Å². The maximum Gasteiger partial charge on any atom is 0.303 e. The highest BCUT2D eigenvalue weighted by molar-refractivity contribution is 5.66. The Morgan fingerprint density at radius 2 is 1.13 bits per heavy atom. The summed E-state index contributed by atoms with van der Waals surface area (Å²) in [7, 11) is 0. The van der Waals surface area contributed by atoms with Gasteiger partial charge in [-0.05, 0) is 70.6 Å². The summed E-state index contributed by atoms with van der Waals surface area (Å²) in [6.45, 7) is 5.63. The van der Waals surface area contributed by atoms with Crippen LogP contribution in [0.1, 0.15) is 90.4 Å². The van der Waals surface area contributed by atoms with Crippen molar-refractivity contribution in [2.75, 3.05) is 26.2 Å². The summed E-state index contributed by atoms with van der Waals surface area (Å²) in [5, 5.41) is 28.6. The second kappa shape index (κ2) is 17.9. The van der Waals surface area contributed by atoms with Crippen molar-refractivity contribution in [1.82, 2.24) is 0 Å². The second-order valence-corrected chi connectivity index (χ2v) is 8.14. The van der Waals surface area contributed by atoms with Crippen molar-refractivity contribution in [3.63, 3.8) is 0 Å². The zero-order chi connectivity index (χ0) is 22.7. The van der Waals surface area contributed by atoms with E-state index in [1.807, 2.05) is 0 Å². The van der Waals surface area contributed by atoms with E-state index in [1.54, 1.807) is 0 Å². The van der Waals surface area contributed by atoms with E-state index in [2.05, 4.69) is 19.1 Å². The molecule has 0 aliphatic heterocycles. The average molecular weight is 428 g/mol. The van der Waals surface area contributed by atoms with Crippen LogP contribution in [0.25, 0.3) is 0 Å². The largest absolute Gasteiger partial charge is 0.550 e. The van der Waals surface area contributed by atoms with Gasteiger partial charge >= 0.3 is 11.9 Å². The molecule has 7 heteroatoms. The molecule has 0 aromatic rings. The number of allylic oxidation sites excluding steroid dienone is 2. The fourth-order valence-corrected chi connectivity index (χ4v) is 3.83. The third kappa shape index (κ3) is 17.0. The number of carboxylic acid groups (broad SMARTS) is 3. The number of carboxylic acids is 3. The van der Waals surface area contributed by atoms with Gasteiger partial charge in [-0.2, -0.15) is 0 Å². The number of hydrogen-bond donors (Lipinski definition) is 2. The Hall–Kier alpha value is -1.89. The van der Waals surface area contributed by atoms with Crippen LogP contribution in [-0.4, -0.2) is 58.8 Å². The van der Waals surface area contributed by atoms with Crippen LogP contribution in [0.4, 0.5) is 0 Å². The standard InChI is InChI=1S/C23H41NO6/c1-2-3-4-5-6-10-17-24(18-11-7-14-21(25)26,19-12-8-15-22(27)28)20-13-9-16-23(29)30/h3-4H,2,5-20H2,1H3,(H2-,25,26,27,28,29,30)/b4-3+. The lowest BCUT2D eigenvalue weighted by molar-refractivity contribution is -0.929. The lowest BCUT2D eigenvalue weighted by Gasteiger charge is -2.39. The molecule has 174 valence electrons. The van der Waals surface area contributed by atoms with Crippen LogP contribution >= 0.6 is 0 Å². The number of quaternary nitrogens is 1. The predicted molar refractivity (Wildman–Crippen MR) is 115 cm³/mol.